The van der Waals surface area contributed by atoms with Gasteiger partial charge in [0.05, 0.1) is 24.4 Å². The second-order valence-corrected chi connectivity index (χ2v) is 14.9. The first-order chi connectivity index (χ1) is 22.1. The molecule has 0 aliphatic carbocycles. The number of benzene rings is 1. The second kappa shape index (κ2) is 13.1. The van der Waals surface area contributed by atoms with Crippen molar-refractivity contribution >= 4 is 49.8 Å². The van der Waals surface area contributed by atoms with Crippen LogP contribution in [-0.2, 0) is 19.4 Å². The molecule has 1 N–H and O–H groups in total. The van der Waals surface area contributed by atoms with E-state index in [0.717, 1.165) is 41.3 Å². The summed E-state index contributed by atoms with van der Waals surface area (Å²) < 4.78 is 43.8. The molecule has 0 radical (unpaired) electrons. The van der Waals surface area contributed by atoms with Crippen molar-refractivity contribution < 1.29 is 22.3 Å². The standard InChI is InChI=1S/C33H42FN7O4S/c1-5-32(42)40-14-7-6-8-27(40)23-9-10-28(41-18-22(21(41)2)20-46(4,43)44)25-17-36-31(16-24(23)25)37-30-11-13-35-33(38-30)39-15-12-29(45-3)26(34)19-39/h5,9-11,13,16-17,21-22,26-27,29H,1,6-8,12,14-15,18-20H2,2-4H3,(H,35,36,37,38)/t21-,22-,26-,27+,29+/m1/s1. The van der Waals surface area contributed by atoms with Crippen molar-refractivity contribution in [1.82, 2.24) is 19.9 Å². The van der Waals surface area contributed by atoms with Crippen molar-refractivity contribution in [3.63, 3.8) is 0 Å². The minimum atomic E-state index is -3.09. The summed E-state index contributed by atoms with van der Waals surface area (Å²) in [6.45, 7) is 7.84. The Morgan fingerprint density at radius 1 is 1.13 bits per heavy atom. The maximum absolute atomic E-state index is 14.6. The summed E-state index contributed by atoms with van der Waals surface area (Å²) in [6, 6.07) is 7.83. The molecule has 13 heteroatoms. The number of pyridine rings is 1. The third-order valence-corrected chi connectivity index (χ3v) is 10.7. The number of ether oxygens (including phenoxy) is 1. The van der Waals surface area contributed by atoms with Gasteiger partial charge in [-0.2, -0.15) is 4.98 Å². The van der Waals surface area contributed by atoms with Crippen LogP contribution in [0.15, 0.2) is 49.3 Å². The number of amides is 1. The lowest BCUT2D eigenvalue weighted by Gasteiger charge is -2.48. The van der Waals surface area contributed by atoms with Gasteiger partial charge in [-0.05, 0) is 67.8 Å². The molecule has 246 valence electrons. The van der Waals surface area contributed by atoms with Crippen molar-refractivity contribution in [1.29, 1.82) is 0 Å². The first kappa shape index (κ1) is 32.1. The van der Waals surface area contributed by atoms with Crippen LogP contribution in [-0.4, -0.2) is 97.8 Å². The second-order valence-electron chi connectivity index (χ2n) is 12.7. The molecule has 3 aliphatic heterocycles. The maximum Gasteiger partial charge on any atom is 0.246 e. The van der Waals surface area contributed by atoms with Crippen LogP contribution < -0.4 is 15.1 Å². The zero-order valence-corrected chi connectivity index (χ0v) is 27.4. The number of fused-ring (bicyclic) bond motifs is 1. The molecular weight excluding hydrogens is 609 g/mol. The van der Waals surface area contributed by atoms with E-state index in [4.69, 9.17) is 9.72 Å². The number of rotatable bonds is 9. The quantitative estimate of drug-likeness (QED) is 0.333. The maximum atomic E-state index is 14.6. The summed E-state index contributed by atoms with van der Waals surface area (Å²) in [6.07, 6.45) is 7.91. The Kier molecular flexibility index (Phi) is 9.15. The van der Waals surface area contributed by atoms with Crippen LogP contribution in [0.5, 0.6) is 0 Å². The van der Waals surface area contributed by atoms with E-state index in [1.165, 1.54) is 19.4 Å². The fourth-order valence-corrected chi connectivity index (χ4v) is 8.27. The Labute approximate surface area is 269 Å². The normalized spacial score (nSPS) is 25.3. The highest BCUT2D eigenvalue weighted by atomic mass is 32.2. The zero-order chi connectivity index (χ0) is 32.6. The van der Waals surface area contributed by atoms with Crippen molar-refractivity contribution in [2.45, 2.75) is 57.0 Å². The van der Waals surface area contributed by atoms with E-state index in [2.05, 4.69) is 45.8 Å². The number of aromatic nitrogens is 3. The predicted octanol–water partition coefficient (Wildman–Crippen LogP) is 4.44. The number of carbonyl (C=O) groups excluding carboxylic acids is 1. The highest BCUT2D eigenvalue weighted by Crippen LogP contribution is 2.42. The minimum absolute atomic E-state index is 0.0485. The Hall–Kier alpha value is -3.84. The van der Waals surface area contributed by atoms with Crippen molar-refractivity contribution in [2.24, 2.45) is 5.92 Å². The molecule has 3 aromatic rings. The number of carbonyl (C=O) groups is 1. The van der Waals surface area contributed by atoms with Crippen LogP contribution in [0.2, 0.25) is 0 Å². The highest BCUT2D eigenvalue weighted by molar-refractivity contribution is 7.90. The lowest BCUT2D eigenvalue weighted by Crippen LogP contribution is -2.57. The van der Waals surface area contributed by atoms with E-state index < -0.39 is 22.1 Å². The Balaban J connectivity index is 1.34. The van der Waals surface area contributed by atoms with Gasteiger partial charge in [0.1, 0.15) is 27.6 Å². The van der Waals surface area contributed by atoms with Gasteiger partial charge in [-0.15, -0.1) is 0 Å². The molecule has 3 aliphatic rings. The molecule has 6 rings (SSSR count). The number of halogens is 1. The number of anilines is 4. The number of likely N-dealkylation sites (tertiary alicyclic amines) is 1. The van der Waals surface area contributed by atoms with Gasteiger partial charge in [-0.25, -0.2) is 22.8 Å². The average molecular weight is 652 g/mol. The Morgan fingerprint density at radius 3 is 2.67 bits per heavy atom. The molecule has 1 aromatic carbocycles. The fourth-order valence-electron chi connectivity index (χ4n) is 7.11. The smallest absolute Gasteiger partial charge is 0.246 e. The molecule has 0 bridgehead atoms. The molecule has 1 amide bonds. The molecular formula is C33H42FN7O4S. The van der Waals surface area contributed by atoms with Gasteiger partial charge in [-0.3, -0.25) is 4.79 Å². The van der Waals surface area contributed by atoms with E-state index >= 15 is 0 Å². The van der Waals surface area contributed by atoms with Gasteiger partial charge in [0, 0.05) is 68.4 Å². The summed E-state index contributed by atoms with van der Waals surface area (Å²) in [7, 11) is -1.56. The van der Waals surface area contributed by atoms with E-state index in [-0.39, 0.29) is 36.2 Å². The number of sulfone groups is 1. The summed E-state index contributed by atoms with van der Waals surface area (Å²) >= 11 is 0. The van der Waals surface area contributed by atoms with Gasteiger partial charge >= 0.3 is 0 Å². The molecule has 3 fully saturated rings. The van der Waals surface area contributed by atoms with Crippen LogP contribution in [0, 0.1) is 5.92 Å². The Bertz CT molecular complexity index is 1720. The molecule has 2 aromatic heterocycles. The summed E-state index contributed by atoms with van der Waals surface area (Å²) in [4.78, 5) is 32.7. The number of hydrogen-bond donors (Lipinski definition) is 1. The van der Waals surface area contributed by atoms with Gasteiger partial charge in [0.15, 0.2) is 0 Å². The lowest BCUT2D eigenvalue weighted by atomic mass is 9.87. The summed E-state index contributed by atoms with van der Waals surface area (Å²) in [5, 5.41) is 5.21. The average Bonchev–Trinajstić information content (AvgIpc) is 3.05. The number of nitrogens with one attached hydrogen (secondary N) is 1. The highest BCUT2D eigenvalue weighted by Gasteiger charge is 2.39. The zero-order valence-electron chi connectivity index (χ0n) is 26.6. The Morgan fingerprint density at radius 2 is 1.96 bits per heavy atom. The third kappa shape index (κ3) is 6.52. The fraction of sp³-hybridized carbons (Fsp3) is 0.515. The molecule has 5 heterocycles. The summed E-state index contributed by atoms with van der Waals surface area (Å²) in [5.41, 5.74) is 2.01. The largest absolute Gasteiger partial charge is 0.378 e. The van der Waals surface area contributed by atoms with E-state index in [9.17, 15) is 17.6 Å². The van der Waals surface area contributed by atoms with Gasteiger partial charge in [-0.1, -0.05) is 12.6 Å². The number of methoxy groups -OCH3 is 1. The number of hydrogen-bond acceptors (Lipinski definition) is 10. The van der Waals surface area contributed by atoms with E-state index in [0.29, 0.717) is 43.6 Å². The van der Waals surface area contributed by atoms with Crippen LogP contribution in [0.3, 0.4) is 0 Å². The predicted molar refractivity (Wildman–Crippen MR) is 178 cm³/mol. The monoisotopic (exact) mass is 651 g/mol. The molecule has 0 unspecified atom stereocenters. The molecule has 0 spiro atoms. The van der Waals surface area contributed by atoms with Gasteiger partial charge in [0.25, 0.3) is 0 Å². The molecule has 3 saturated heterocycles. The van der Waals surface area contributed by atoms with Gasteiger partial charge < -0.3 is 24.8 Å². The number of alkyl halides is 1. The van der Waals surface area contributed by atoms with Crippen molar-refractivity contribution in [2.75, 3.05) is 60.4 Å². The molecule has 0 saturated carbocycles. The SMILES string of the molecule is C=CC(=O)N1CCCC[C@H]1c1ccc(N2C[C@H](CS(C)(=O)=O)[C@H]2C)c2cnc(Nc3ccnc(N4CC[C@H](OC)[C@H](F)C4)n3)cc12. The first-order valence-corrected chi connectivity index (χ1v) is 17.9. The number of piperidine rings is 2. The van der Waals surface area contributed by atoms with Crippen LogP contribution in [0.1, 0.15) is 44.2 Å². The minimum Gasteiger partial charge on any atom is -0.378 e. The molecule has 11 nitrogen and oxygen atoms in total. The topological polar surface area (TPSA) is 121 Å². The van der Waals surface area contributed by atoms with E-state index in [1.807, 2.05) is 22.1 Å². The van der Waals surface area contributed by atoms with Crippen molar-refractivity contribution in [3.05, 3.63) is 54.9 Å². The van der Waals surface area contributed by atoms with Crippen LogP contribution in [0.4, 0.5) is 27.7 Å². The van der Waals surface area contributed by atoms with E-state index in [1.54, 1.807) is 12.3 Å². The number of nitrogens with zero attached hydrogens (tertiary/aromatic N) is 6. The third-order valence-electron chi connectivity index (χ3n) is 9.63. The van der Waals surface area contributed by atoms with Crippen LogP contribution >= 0.6 is 0 Å². The molecule has 46 heavy (non-hydrogen) atoms. The summed E-state index contributed by atoms with van der Waals surface area (Å²) in [5.74, 6) is 1.65. The van der Waals surface area contributed by atoms with Crippen LogP contribution in [0.25, 0.3) is 10.8 Å². The molecule has 5 atom stereocenters. The van der Waals surface area contributed by atoms with Gasteiger partial charge in [0.2, 0.25) is 11.9 Å². The van der Waals surface area contributed by atoms with Crippen molar-refractivity contribution in [3.8, 4) is 0 Å². The lowest BCUT2D eigenvalue weighted by molar-refractivity contribution is -0.129. The first-order valence-electron chi connectivity index (χ1n) is 15.9.